The van der Waals surface area contributed by atoms with Crippen molar-refractivity contribution in [3.05, 3.63) is 70.0 Å². The molecule has 0 spiro atoms. The quantitative estimate of drug-likeness (QED) is 0.843. The number of halogens is 2. The summed E-state index contributed by atoms with van der Waals surface area (Å²) in [5, 5.41) is 4.15. The Hall–Kier alpha value is -1.38. The number of benzene rings is 2. The van der Waals surface area contributed by atoms with Gasteiger partial charge in [-0.2, -0.15) is 0 Å². The fraction of sp³-hybridized carbons (Fsp3) is 0.294. The molecule has 0 heterocycles. The van der Waals surface area contributed by atoms with Gasteiger partial charge in [-0.05, 0) is 48.7 Å². The summed E-state index contributed by atoms with van der Waals surface area (Å²) in [7, 11) is 0. The average molecular weight is 292 g/mol. The second kappa shape index (κ2) is 6.87. The molecule has 1 nitrogen and oxygen atoms in total. The molecule has 2 aromatic rings. The number of hydrogen-bond acceptors (Lipinski definition) is 1. The first-order valence-electron chi connectivity index (χ1n) is 6.84. The van der Waals surface area contributed by atoms with Crippen LogP contribution in [0, 0.1) is 12.7 Å². The van der Waals surface area contributed by atoms with Gasteiger partial charge in [-0.1, -0.05) is 48.9 Å². The molecule has 2 rings (SSSR count). The van der Waals surface area contributed by atoms with Gasteiger partial charge in [0.2, 0.25) is 0 Å². The van der Waals surface area contributed by atoms with Crippen molar-refractivity contribution in [2.45, 2.75) is 26.3 Å². The molecule has 0 fully saturated rings. The highest BCUT2D eigenvalue weighted by Crippen LogP contribution is 2.24. The van der Waals surface area contributed by atoms with Crippen molar-refractivity contribution in [1.29, 1.82) is 0 Å². The maximum absolute atomic E-state index is 13.7. The lowest BCUT2D eigenvalue weighted by Gasteiger charge is -2.19. The molecule has 1 atom stereocenters. The SMILES string of the molecule is CCNC(Cc1ccccc1Cl)c1ccc(C)c(F)c1. The number of aryl methyl sites for hydroxylation is 1. The third kappa shape index (κ3) is 3.59. The summed E-state index contributed by atoms with van der Waals surface area (Å²) in [5.74, 6) is -0.162. The smallest absolute Gasteiger partial charge is 0.126 e. The van der Waals surface area contributed by atoms with E-state index in [4.69, 9.17) is 11.6 Å². The summed E-state index contributed by atoms with van der Waals surface area (Å²) in [6, 6.07) is 13.3. The molecule has 0 aliphatic rings. The lowest BCUT2D eigenvalue weighted by atomic mass is 9.97. The van der Waals surface area contributed by atoms with Crippen LogP contribution in [0.15, 0.2) is 42.5 Å². The van der Waals surface area contributed by atoms with Crippen molar-refractivity contribution in [2.75, 3.05) is 6.54 Å². The Morgan fingerprint density at radius 3 is 2.60 bits per heavy atom. The van der Waals surface area contributed by atoms with Gasteiger partial charge in [-0.3, -0.25) is 0 Å². The van der Waals surface area contributed by atoms with Crippen LogP contribution >= 0.6 is 11.6 Å². The van der Waals surface area contributed by atoms with Crippen LogP contribution in [0.4, 0.5) is 4.39 Å². The third-order valence-electron chi connectivity index (χ3n) is 3.43. The zero-order valence-corrected chi connectivity index (χ0v) is 12.5. The Bertz CT molecular complexity index is 583. The largest absolute Gasteiger partial charge is 0.310 e. The third-order valence-corrected chi connectivity index (χ3v) is 3.80. The Kier molecular flexibility index (Phi) is 5.16. The predicted molar refractivity (Wildman–Crippen MR) is 82.7 cm³/mol. The van der Waals surface area contributed by atoms with Gasteiger partial charge in [-0.25, -0.2) is 4.39 Å². The number of likely N-dealkylation sites (N-methyl/N-ethyl adjacent to an activating group) is 1. The van der Waals surface area contributed by atoms with Crippen molar-refractivity contribution in [1.82, 2.24) is 5.32 Å². The van der Waals surface area contributed by atoms with E-state index in [0.717, 1.165) is 29.1 Å². The van der Waals surface area contributed by atoms with Gasteiger partial charge >= 0.3 is 0 Å². The Balaban J connectivity index is 2.27. The maximum atomic E-state index is 13.7. The lowest BCUT2D eigenvalue weighted by molar-refractivity contribution is 0.541. The summed E-state index contributed by atoms with van der Waals surface area (Å²) < 4.78 is 13.7. The Morgan fingerprint density at radius 1 is 1.20 bits per heavy atom. The van der Waals surface area contributed by atoms with Gasteiger partial charge in [0.1, 0.15) is 5.82 Å². The average Bonchev–Trinajstić information content (AvgIpc) is 2.44. The van der Waals surface area contributed by atoms with Crippen LogP contribution in [-0.4, -0.2) is 6.54 Å². The molecule has 0 aromatic heterocycles. The topological polar surface area (TPSA) is 12.0 Å². The van der Waals surface area contributed by atoms with E-state index in [1.54, 1.807) is 13.0 Å². The van der Waals surface area contributed by atoms with Gasteiger partial charge < -0.3 is 5.32 Å². The molecule has 20 heavy (non-hydrogen) atoms. The van der Waals surface area contributed by atoms with E-state index in [1.165, 1.54) is 0 Å². The highest BCUT2D eigenvalue weighted by molar-refractivity contribution is 6.31. The standard InChI is InChI=1S/C17H19ClFN/c1-3-20-17(11-13-6-4-5-7-15(13)18)14-9-8-12(2)16(19)10-14/h4-10,17,20H,3,11H2,1-2H3. The predicted octanol–water partition coefficient (Wildman–Crippen LogP) is 4.68. The molecule has 0 aliphatic heterocycles. The second-order valence-corrected chi connectivity index (χ2v) is 5.32. The van der Waals surface area contributed by atoms with Gasteiger partial charge in [0.15, 0.2) is 0 Å². The summed E-state index contributed by atoms with van der Waals surface area (Å²) >= 11 is 6.21. The first-order valence-corrected chi connectivity index (χ1v) is 7.22. The highest BCUT2D eigenvalue weighted by Gasteiger charge is 2.14. The summed E-state index contributed by atoms with van der Waals surface area (Å²) in [4.78, 5) is 0. The van der Waals surface area contributed by atoms with Crippen molar-refractivity contribution in [3.63, 3.8) is 0 Å². The molecule has 0 radical (unpaired) electrons. The van der Waals surface area contributed by atoms with E-state index in [-0.39, 0.29) is 11.9 Å². The van der Waals surface area contributed by atoms with E-state index in [0.29, 0.717) is 5.56 Å². The zero-order chi connectivity index (χ0) is 14.5. The first-order chi connectivity index (χ1) is 9.61. The van der Waals surface area contributed by atoms with Gasteiger partial charge in [-0.15, -0.1) is 0 Å². The second-order valence-electron chi connectivity index (χ2n) is 4.91. The first kappa shape index (κ1) is 15.0. The molecule has 106 valence electrons. The monoisotopic (exact) mass is 291 g/mol. The molecule has 2 aromatic carbocycles. The van der Waals surface area contributed by atoms with Crippen LogP contribution in [0.3, 0.4) is 0 Å². The molecule has 1 N–H and O–H groups in total. The molecular formula is C17H19ClFN. The fourth-order valence-corrected chi connectivity index (χ4v) is 2.48. The van der Waals surface area contributed by atoms with E-state index in [2.05, 4.69) is 5.32 Å². The molecule has 1 unspecified atom stereocenters. The number of hydrogen-bond donors (Lipinski definition) is 1. The van der Waals surface area contributed by atoms with Crippen LogP contribution in [0.1, 0.15) is 29.7 Å². The van der Waals surface area contributed by atoms with Crippen LogP contribution in [0.25, 0.3) is 0 Å². The van der Waals surface area contributed by atoms with E-state index in [1.807, 2.05) is 43.3 Å². The summed E-state index contributed by atoms with van der Waals surface area (Å²) in [5.41, 5.74) is 2.69. The molecule has 0 amide bonds. The molecular weight excluding hydrogens is 273 g/mol. The number of rotatable bonds is 5. The van der Waals surface area contributed by atoms with Crippen LogP contribution in [-0.2, 0) is 6.42 Å². The summed E-state index contributed by atoms with van der Waals surface area (Å²) in [6.45, 7) is 4.64. The van der Waals surface area contributed by atoms with Crippen molar-refractivity contribution >= 4 is 11.6 Å². The normalized spacial score (nSPS) is 12.4. The van der Waals surface area contributed by atoms with Crippen LogP contribution in [0.5, 0.6) is 0 Å². The van der Waals surface area contributed by atoms with E-state index >= 15 is 0 Å². The van der Waals surface area contributed by atoms with E-state index < -0.39 is 0 Å². The minimum atomic E-state index is -0.162. The Morgan fingerprint density at radius 2 is 1.95 bits per heavy atom. The van der Waals surface area contributed by atoms with Gasteiger partial charge in [0.05, 0.1) is 0 Å². The highest BCUT2D eigenvalue weighted by atomic mass is 35.5. The lowest BCUT2D eigenvalue weighted by Crippen LogP contribution is -2.23. The number of nitrogens with one attached hydrogen (secondary N) is 1. The Labute approximate surface area is 124 Å². The van der Waals surface area contributed by atoms with Crippen molar-refractivity contribution < 1.29 is 4.39 Å². The van der Waals surface area contributed by atoms with Crippen LogP contribution in [0.2, 0.25) is 5.02 Å². The minimum absolute atomic E-state index is 0.0648. The summed E-state index contributed by atoms with van der Waals surface area (Å²) in [6.07, 6.45) is 0.746. The van der Waals surface area contributed by atoms with Crippen molar-refractivity contribution in [3.8, 4) is 0 Å². The molecule has 0 bridgehead atoms. The van der Waals surface area contributed by atoms with Gasteiger partial charge in [0, 0.05) is 11.1 Å². The fourth-order valence-electron chi connectivity index (χ4n) is 2.26. The van der Waals surface area contributed by atoms with Crippen LogP contribution < -0.4 is 5.32 Å². The minimum Gasteiger partial charge on any atom is -0.310 e. The maximum Gasteiger partial charge on any atom is 0.126 e. The van der Waals surface area contributed by atoms with Crippen molar-refractivity contribution in [2.24, 2.45) is 0 Å². The van der Waals surface area contributed by atoms with Gasteiger partial charge in [0.25, 0.3) is 0 Å². The molecule has 3 heteroatoms. The zero-order valence-electron chi connectivity index (χ0n) is 11.8. The molecule has 0 aliphatic carbocycles. The molecule has 0 saturated carbocycles. The molecule has 0 saturated heterocycles. The van der Waals surface area contributed by atoms with E-state index in [9.17, 15) is 4.39 Å².